The number of anilines is 1. The lowest BCUT2D eigenvalue weighted by Gasteiger charge is -2.37. The van der Waals surface area contributed by atoms with Gasteiger partial charge in [-0.15, -0.1) is 0 Å². The van der Waals surface area contributed by atoms with Gasteiger partial charge in [0.1, 0.15) is 17.8 Å². The van der Waals surface area contributed by atoms with Crippen LogP contribution < -0.4 is 4.90 Å². The van der Waals surface area contributed by atoms with Crippen molar-refractivity contribution in [2.75, 3.05) is 25.0 Å². The maximum Gasteiger partial charge on any atom is 0.254 e. The number of aryl methyl sites for hydroxylation is 1. The first kappa shape index (κ1) is 18.3. The van der Waals surface area contributed by atoms with E-state index >= 15 is 0 Å². The number of aromatic nitrogens is 5. The second-order valence-electron chi connectivity index (χ2n) is 7.63. The molecule has 0 atom stereocenters. The van der Waals surface area contributed by atoms with Crippen molar-refractivity contribution in [1.29, 1.82) is 0 Å². The smallest absolute Gasteiger partial charge is 0.254 e. The van der Waals surface area contributed by atoms with E-state index in [4.69, 9.17) is 16.1 Å². The van der Waals surface area contributed by atoms with Crippen molar-refractivity contribution < 1.29 is 4.52 Å². The Balaban J connectivity index is 1.28. The number of hydrogen-bond donors (Lipinski definition) is 0. The first-order chi connectivity index (χ1) is 14.1. The molecule has 5 rings (SSSR count). The molecule has 29 heavy (non-hydrogen) atoms. The Morgan fingerprint density at radius 2 is 2.07 bits per heavy atom. The second-order valence-corrected chi connectivity index (χ2v) is 8.07. The highest BCUT2D eigenvalue weighted by atomic mass is 35.5. The molecule has 150 valence electrons. The summed E-state index contributed by atoms with van der Waals surface area (Å²) in [6, 6.07) is 8.18. The second kappa shape index (κ2) is 7.27. The summed E-state index contributed by atoms with van der Waals surface area (Å²) in [5.74, 6) is 1.71. The van der Waals surface area contributed by atoms with Crippen molar-refractivity contribution in [3.8, 4) is 0 Å². The Morgan fingerprint density at radius 3 is 2.90 bits per heavy atom. The van der Waals surface area contributed by atoms with Crippen LogP contribution >= 0.6 is 11.6 Å². The van der Waals surface area contributed by atoms with E-state index in [1.54, 1.807) is 6.33 Å². The number of nitrogens with zero attached hydrogens (tertiary/aromatic N) is 7. The molecule has 3 aromatic heterocycles. The molecule has 0 spiro atoms. The third-order valence-electron chi connectivity index (χ3n) is 5.68. The summed E-state index contributed by atoms with van der Waals surface area (Å²) in [6.45, 7) is 4.64. The molecule has 1 aliphatic rings. The van der Waals surface area contributed by atoms with Gasteiger partial charge < -0.3 is 9.42 Å². The van der Waals surface area contributed by atoms with Gasteiger partial charge in [0.2, 0.25) is 0 Å². The molecule has 1 saturated heterocycles. The van der Waals surface area contributed by atoms with Crippen LogP contribution in [0.5, 0.6) is 0 Å². The maximum atomic E-state index is 6.15. The molecule has 0 saturated carbocycles. The minimum Gasteiger partial charge on any atom is -0.356 e. The highest BCUT2D eigenvalue weighted by molar-refractivity contribution is 6.31. The Bertz CT molecular complexity index is 1160. The zero-order valence-corrected chi connectivity index (χ0v) is 17.2. The first-order valence-electron chi connectivity index (χ1n) is 9.75. The average Bonchev–Trinajstić information content (AvgIpc) is 3.34. The van der Waals surface area contributed by atoms with Gasteiger partial charge in [-0.3, -0.25) is 4.90 Å². The molecule has 0 unspecified atom stereocenters. The van der Waals surface area contributed by atoms with Gasteiger partial charge in [0.05, 0.1) is 0 Å². The van der Waals surface area contributed by atoms with Crippen LogP contribution in [0.25, 0.3) is 16.7 Å². The minimum atomic E-state index is 0.478. The van der Waals surface area contributed by atoms with E-state index < -0.39 is 0 Å². The lowest BCUT2D eigenvalue weighted by Crippen LogP contribution is -2.43. The lowest BCUT2D eigenvalue weighted by molar-refractivity contribution is 0.196. The molecule has 4 aromatic rings. The molecule has 1 aromatic carbocycles. The molecular weight excluding hydrogens is 390 g/mol. The monoisotopic (exact) mass is 411 g/mol. The van der Waals surface area contributed by atoms with E-state index in [1.165, 1.54) is 0 Å². The standard InChI is InChI=1S/C20H22ClN7O/c1-13-9-19(28-20(24-13)22-12-23-28)27-7-5-15(6-8-27)26(2)11-17-16-10-14(21)3-4-18(16)29-25-17/h3-4,9-10,12,15H,5-8,11H2,1-2H3. The van der Waals surface area contributed by atoms with E-state index in [1.807, 2.05) is 29.6 Å². The Morgan fingerprint density at radius 1 is 1.24 bits per heavy atom. The van der Waals surface area contributed by atoms with Gasteiger partial charge in [0.25, 0.3) is 5.78 Å². The highest BCUT2D eigenvalue weighted by Crippen LogP contribution is 2.26. The van der Waals surface area contributed by atoms with Crippen molar-refractivity contribution in [1.82, 2.24) is 29.6 Å². The summed E-state index contributed by atoms with van der Waals surface area (Å²) in [5, 5.41) is 10.3. The van der Waals surface area contributed by atoms with E-state index in [0.29, 0.717) is 16.8 Å². The fourth-order valence-electron chi connectivity index (χ4n) is 4.11. The van der Waals surface area contributed by atoms with Gasteiger partial charge in [0.15, 0.2) is 5.58 Å². The summed E-state index contributed by atoms with van der Waals surface area (Å²) in [4.78, 5) is 13.4. The van der Waals surface area contributed by atoms with Crippen LogP contribution in [0.15, 0.2) is 35.1 Å². The molecule has 0 N–H and O–H groups in total. The number of fused-ring (bicyclic) bond motifs is 2. The molecule has 0 aliphatic carbocycles. The summed E-state index contributed by atoms with van der Waals surface area (Å²) in [6.07, 6.45) is 3.68. The molecule has 0 radical (unpaired) electrons. The zero-order chi connectivity index (χ0) is 20.0. The number of benzene rings is 1. The Hall–Kier alpha value is -2.71. The quantitative estimate of drug-likeness (QED) is 0.509. The number of hydrogen-bond acceptors (Lipinski definition) is 7. The Labute approximate surface area is 173 Å². The van der Waals surface area contributed by atoms with Gasteiger partial charge in [-0.2, -0.15) is 14.6 Å². The summed E-state index contributed by atoms with van der Waals surface area (Å²) < 4.78 is 7.27. The van der Waals surface area contributed by atoms with Gasteiger partial charge >= 0.3 is 0 Å². The van der Waals surface area contributed by atoms with Crippen LogP contribution in [0.3, 0.4) is 0 Å². The van der Waals surface area contributed by atoms with Crippen LogP contribution in [-0.2, 0) is 6.54 Å². The maximum absolute atomic E-state index is 6.15. The van der Waals surface area contributed by atoms with E-state index in [-0.39, 0.29) is 0 Å². The summed E-state index contributed by atoms with van der Waals surface area (Å²) in [5.41, 5.74) is 2.66. The van der Waals surface area contributed by atoms with Crippen molar-refractivity contribution in [3.63, 3.8) is 0 Å². The van der Waals surface area contributed by atoms with Crippen molar-refractivity contribution in [2.45, 2.75) is 32.4 Å². The fourth-order valence-corrected chi connectivity index (χ4v) is 4.28. The topological polar surface area (TPSA) is 75.6 Å². The van der Waals surface area contributed by atoms with Gasteiger partial charge in [-0.05, 0) is 45.0 Å². The SMILES string of the molecule is Cc1cc(N2CCC(N(C)Cc3noc4ccc(Cl)cc34)CC2)n2ncnc2n1. The largest absolute Gasteiger partial charge is 0.356 e. The molecule has 0 bridgehead atoms. The first-order valence-corrected chi connectivity index (χ1v) is 10.1. The molecule has 1 aliphatic heterocycles. The van der Waals surface area contributed by atoms with E-state index in [0.717, 1.165) is 60.7 Å². The van der Waals surface area contributed by atoms with Gasteiger partial charge in [-0.25, -0.2) is 4.98 Å². The van der Waals surface area contributed by atoms with Crippen LogP contribution in [0, 0.1) is 6.92 Å². The summed E-state index contributed by atoms with van der Waals surface area (Å²) in [7, 11) is 2.15. The number of rotatable bonds is 4. The third kappa shape index (κ3) is 3.42. The number of piperidine rings is 1. The van der Waals surface area contributed by atoms with Crippen LogP contribution in [-0.4, -0.2) is 55.8 Å². The number of halogens is 1. The molecule has 8 nitrogen and oxygen atoms in total. The van der Waals surface area contributed by atoms with Gasteiger partial charge in [0, 0.05) is 47.8 Å². The lowest BCUT2D eigenvalue weighted by atomic mass is 10.0. The minimum absolute atomic E-state index is 0.478. The van der Waals surface area contributed by atoms with Crippen molar-refractivity contribution in [3.05, 3.63) is 47.0 Å². The Kier molecular flexibility index (Phi) is 4.60. The predicted molar refractivity (Wildman–Crippen MR) is 111 cm³/mol. The molecule has 9 heteroatoms. The van der Waals surface area contributed by atoms with Crippen LogP contribution in [0.4, 0.5) is 5.82 Å². The van der Waals surface area contributed by atoms with Crippen LogP contribution in [0.1, 0.15) is 24.2 Å². The normalized spacial score (nSPS) is 15.8. The van der Waals surface area contributed by atoms with Crippen molar-refractivity contribution >= 4 is 34.2 Å². The predicted octanol–water partition coefficient (Wildman–Crippen LogP) is 3.33. The molecular formula is C20H22ClN7O. The molecule has 4 heterocycles. The molecule has 1 fully saturated rings. The molecule has 0 amide bonds. The van der Waals surface area contributed by atoms with Gasteiger partial charge in [-0.1, -0.05) is 16.8 Å². The third-order valence-corrected chi connectivity index (χ3v) is 5.91. The van der Waals surface area contributed by atoms with E-state index in [9.17, 15) is 0 Å². The van der Waals surface area contributed by atoms with Crippen molar-refractivity contribution in [2.24, 2.45) is 0 Å². The zero-order valence-electron chi connectivity index (χ0n) is 16.4. The average molecular weight is 412 g/mol. The van der Waals surface area contributed by atoms with E-state index in [2.05, 4.69) is 43.1 Å². The summed E-state index contributed by atoms with van der Waals surface area (Å²) >= 11 is 6.15. The fraction of sp³-hybridized carbons (Fsp3) is 0.400. The van der Waals surface area contributed by atoms with Crippen LogP contribution in [0.2, 0.25) is 5.02 Å². The highest BCUT2D eigenvalue weighted by Gasteiger charge is 2.25.